The van der Waals surface area contributed by atoms with E-state index in [0.717, 1.165) is 55.1 Å². The molecule has 0 spiro atoms. The Morgan fingerprint density at radius 1 is 1.00 bits per heavy atom. The predicted molar refractivity (Wildman–Crippen MR) is 123 cm³/mol. The molecule has 31 heavy (non-hydrogen) atoms. The first kappa shape index (κ1) is 20.5. The van der Waals surface area contributed by atoms with Crippen LogP contribution in [0, 0.1) is 11.8 Å². The monoisotopic (exact) mass is 440 g/mol. The number of carbonyl (C=O) groups is 1. The topological polar surface area (TPSA) is 74.2 Å². The highest BCUT2D eigenvalue weighted by molar-refractivity contribution is 6.32. The van der Waals surface area contributed by atoms with Crippen LogP contribution in [0.3, 0.4) is 0 Å². The van der Waals surface area contributed by atoms with Gasteiger partial charge in [0.05, 0.1) is 30.0 Å². The molecule has 2 aromatic rings. The zero-order valence-electron chi connectivity index (χ0n) is 17.8. The third-order valence-corrected chi connectivity index (χ3v) is 7.18. The van der Waals surface area contributed by atoms with E-state index in [1.54, 1.807) is 23.5 Å². The molecule has 1 amide bonds. The Labute approximate surface area is 188 Å². The minimum Gasteiger partial charge on any atom is -0.355 e. The van der Waals surface area contributed by atoms with E-state index in [4.69, 9.17) is 16.6 Å². The number of pyridine rings is 1. The van der Waals surface area contributed by atoms with E-state index >= 15 is 0 Å². The quantitative estimate of drug-likeness (QED) is 0.719. The number of nitrogens with zero attached hydrogens (tertiary/aromatic N) is 5. The highest BCUT2D eigenvalue weighted by atomic mass is 35.5. The maximum absolute atomic E-state index is 12.1. The van der Waals surface area contributed by atoms with E-state index in [0.29, 0.717) is 17.4 Å². The highest BCUT2D eigenvalue weighted by Crippen LogP contribution is 2.38. The van der Waals surface area contributed by atoms with Crippen molar-refractivity contribution in [2.24, 2.45) is 11.8 Å². The van der Waals surface area contributed by atoms with Crippen molar-refractivity contribution < 1.29 is 4.79 Å². The van der Waals surface area contributed by atoms with Crippen molar-refractivity contribution in [2.75, 3.05) is 34.8 Å². The minimum atomic E-state index is 0.144. The second kappa shape index (κ2) is 8.99. The van der Waals surface area contributed by atoms with E-state index in [1.165, 1.54) is 38.5 Å². The van der Waals surface area contributed by atoms with Crippen molar-refractivity contribution in [3.05, 3.63) is 29.7 Å². The lowest BCUT2D eigenvalue weighted by Crippen LogP contribution is -2.38. The Balaban J connectivity index is 1.32. The zero-order chi connectivity index (χ0) is 21.2. The third kappa shape index (κ3) is 4.47. The van der Waals surface area contributed by atoms with Crippen molar-refractivity contribution in [3.63, 3.8) is 0 Å². The van der Waals surface area contributed by atoms with Crippen molar-refractivity contribution in [1.82, 2.24) is 15.0 Å². The van der Waals surface area contributed by atoms with Crippen LogP contribution >= 0.6 is 11.6 Å². The summed E-state index contributed by atoms with van der Waals surface area (Å²) in [5, 5.41) is 3.84. The fourth-order valence-electron chi connectivity index (χ4n) is 5.35. The van der Waals surface area contributed by atoms with Crippen LogP contribution in [0.5, 0.6) is 0 Å². The lowest BCUT2D eigenvalue weighted by atomic mass is 9.84. The SMILES string of the molecule is O=C1CCCN1c1cncc(Nc2ncc(Cl)c(N3CCCC(C4CCCC4)C3)n2)c1. The number of piperidine rings is 1. The molecule has 7 nitrogen and oxygen atoms in total. The summed E-state index contributed by atoms with van der Waals surface area (Å²) in [5.74, 6) is 3.03. The third-order valence-electron chi connectivity index (χ3n) is 6.91. The van der Waals surface area contributed by atoms with Gasteiger partial charge < -0.3 is 15.1 Å². The standard InChI is InChI=1S/C23H29ClN6O/c24-20-14-26-23(27-18-11-19(13-25-12-18)30-10-4-8-21(30)31)28-22(20)29-9-3-7-17(15-29)16-5-1-2-6-16/h11-14,16-17H,1-10,15H2,(H,26,27,28). The normalized spacial score (nSPS) is 22.4. The van der Waals surface area contributed by atoms with Crippen molar-refractivity contribution in [1.29, 1.82) is 0 Å². The van der Waals surface area contributed by atoms with Gasteiger partial charge in [-0.2, -0.15) is 4.98 Å². The summed E-state index contributed by atoms with van der Waals surface area (Å²) < 4.78 is 0. The van der Waals surface area contributed by atoms with Gasteiger partial charge in [-0.25, -0.2) is 4.98 Å². The predicted octanol–water partition coefficient (Wildman–Crippen LogP) is 4.80. The lowest BCUT2D eigenvalue weighted by Gasteiger charge is -2.36. The number of nitrogens with one attached hydrogen (secondary N) is 1. The highest BCUT2D eigenvalue weighted by Gasteiger charge is 2.30. The number of rotatable bonds is 5. The molecule has 0 bridgehead atoms. The van der Waals surface area contributed by atoms with E-state index in [-0.39, 0.29) is 5.91 Å². The summed E-state index contributed by atoms with van der Waals surface area (Å²) in [6, 6.07) is 1.92. The molecule has 0 radical (unpaired) electrons. The Bertz CT molecular complexity index is 947. The molecule has 1 saturated carbocycles. The molecule has 5 rings (SSSR count). The second-order valence-electron chi connectivity index (χ2n) is 8.96. The zero-order valence-corrected chi connectivity index (χ0v) is 18.5. The molecule has 3 aliphatic rings. The van der Waals surface area contributed by atoms with Gasteiger partial charge in [-0.3, -0.25) is 9.78 Å². The summed E-state index contributed by atoms with van der Waals surface area (Å²) in [4.78, 5) is 29.6. The molecule has 4 heterocycles. The van der Waals surface area contributed by atoms with Gasteiger partial charge in [0.1, 0.15) is 5.02 Å². The van der Waals surface area contributed by atoms with Crippen LogP contribution in [0.25, 0.3) is 0 Å². The summed E-state index contributed by atoms with van der Waals surface area (Å²) in [6.07, 6.45) is 14.6. The van der Waals surface area contributed by atoms with E-state index < -0.39 is 0 Å². The molecule has 1 unspecified atom stereocenters. The van der Waals surface area contributed by atoms with Gasteiger partial charge in [-0.1, -0.05) is 37.3 Å². The van der Waals surface area contributed by atoms with Crippen LogP contribution in [-0.4, -0.2) is 40.5 Å². The van der Waals surface area contributed by atoms with Gasteiger partial charge >= 0.3 is 0 Å². The number of carbonyl (C=O) groups excluding carboxylic acids is 1. The largest absolute Gasteiger partial charge is 0.355 e. The van der Waals surface area contributed by atoms with Crippen molar-refractivity contribution in [3.8, 4) is 0 Å². The Morgan fingerprint density at radius 2 is 1.84 bits per heavy atom. The summed E-state index contributed by atoms with van der Waals surface area (Å²) in [7, 11) is 0. The van der Waals surface area contributed by atoms with Gasteiger partial charge in [0.15, 0.2) is 5.82 Å². The van der Waals surface area contributed by atoms with Crippen molar-refractivity contribution >= 4 is 40.6 Å². The molecule has 2 aromatic heterocycles. The summed E-state index contributed by atoms with van der Waals surface area (Å²) >= 11 is 6.52. The molecular weight excluding hydrogens is 412 g/mol. The van der Waals surface area contributed by atoms with E-state index in [2.05, 4.69) is 20.2 Å². The van der Waals surface area contributed by atoms with Crippen LogP contribution in [-0.2, 0) is 4.79 Å². The first-order chi connectivity index (χ1) is 15.2. The number of hydrogen-bond donors (Lipinski definition) is 1. The Morgan fingerprint density at radius 3 is 2.65 bits per heavy atom. The summed E-state index contributed by atoms with van der Waals surface area (Å²) in [6.45, 7) is 2.74. The minimum absolute atomic E-state index is 0.144. The number of aromatic nitrogens is 3. The molecule has 164 valence electrons. The van der Waals surface area contributed by atoms with Crippen molar-refractivity contribution in [2.45, 2.75) is 51.4 Å². The van der Waals surface area contributed by atoms with Crippen LogP contribution < -0.4 is 15.1 Å². The molecule has 8 heteroatoms. The molecule has 1 aliphatic carbocycles. The number of amides is 1. The first-order valence-corrected chi connectivity index (χ1v) is 11.8. The number of hydrogen-bond acceptors (Lipinski definition) is 6. The van der Waals surface area contributed by atoms with Gasteiger partial charge in [0, 0.05) is 26.1 Å². The first-order valence-electron chi connectivity index (χ1n) is 11.5. The molecule has 1 atom stereocenters. The molecule has 2 saturated heterocycles. The van der Waals surface area contributed by atoms with Crippen LogP contribution in [0.1, 0.15) is 51.4 Å². The summed E-state index contributed by atoms with van der Waals surface area (Å²) in [5.41, 5.74) is 1.56. The average molecular weight is 441 g/mol. The van der Waals surface area contributed by atoms with Gasteiger partial charge in [0.2, 0.25) is 11.9 Å². The fraction of sp³-hybridized carbons (Fsp3) is 0.565. The van der Waals surface area contributed by atoms with E-state index in [1.807, 2.05) is 6.07 Å². The fourth-order valence-corrected chi connectivity index (χ4v) is 5.56. The second-order valence-corrected chi connectivity index (χ2v) is 9.37. The molecule has 1 N–H and O–H groups in total. The van der Waals surface area contributed by atoms with Gasteiger partial charge in [-0.05, 0) is 37.2 Å². The Kier molecular flexibility index (Phi) is 5.94. The van der Waals surface area contributed by atoms with Gasteiger partial charge in [-0.15, -0.1) is 0 Å². The maximum Gasteiger partial charge on any atom is 0.229 e. The molecule has 0 aromatic carbocycles. The van der Waals surface area contributed by atoms with Crippen LogP contribution in [0.4, 0.5) is 23.1 Å². The Hall–Kier alpha value is -2.41. The molecular formula is C23H29ClN6O. The van der Waals surface area contributed by atoms with Crippen LogP contribution in [0.2, 0.25) is 5.02 Å². The average Bonchev–Trinajstić information content (AvgIpc) is 3.47. The number of anilines is 4. The van der Waals surface area contributed by atoms with Crippen LogP contribution in [0.15, 0.2) is 24.7 Å². The van der Waals surface area contributed by atoms with E-state index in [9.17, 15) is 4.79 Å². The molecule has 2 aliphatic heterocycles. The van der Waals surface area contributed by atoms with Gasteiger partial charge in [0.25, 0.3) is 0 Å². The maximum atomic E-state index is 12.1. The lowest BCUT2D eigenvalue weighted by molar-refractivity contribution is -0.117. The molecule has 3 fully saturated rings. The number of halogens is 1. The smallest absolute Gasteiger partial charge is 0.229 e.